The lowest BCUT2D eigenvalue weighted by Gasteiger charge is -2.12. The van der Waals surface area contributed by atoms with Crippen molar-refractivity contribution in [3.05, 3.63) is 28.8 Å². The molecule has 1 rings (SSSR count). The largest absolute Gasteiger partial charge is 0.469 e. The Hall–Kier alpha value is -1.39. The Balaban J connectivity index is 3.26. The first-order chi connectivity index (χ1) is 9.30. The maximum Gasteiger partial charge on any atom is 0.446 e. The molecule has 0 amide bonds. The van der Waals surface area contributed by atoms with E-state index in [0.717, 1.165) is 13.2 Å². The molecule has 0 fully saturated rings. The van der Waals surface area contributed by atoms with Crippen LogP contribution in [0.25, 0.3) is 0 Å². The van der Waals surface area contributed by atoms with E-state index in [9.17, 15) is 18.0 Å². The summed E-state index contributed by atoms with van der Waals surface area (Å²) in [6, 6.07) is 4.25. The Kier molecular flexibility index (Phi) is 5.72. The number of benzene rings is 1. The zero-order valence-corrected chi connectivity index (χ0v) is 11.8. The fourth-order valence-corrected chi connectivity index (χ4v) is 2.48. The van der Waals surface area contributed by atoms with Gasteiger partial charge in [-0.2, -0.15) is 18.4 Å². The van der Waals surface area contributed by atoms with Crippen LogP contribution in [0.2, 0.25) is 0 Å². The van der Waals surface area contributed by atoms with Crippen molar-refractivity contribution in [1.82, 2.24) is 0 Å². The van der Waals surface area contributed by atoms with Crippen molar-refractivity contribution in [2.75, 3.05) is 7.11 Å². The molecule has 0 heterocycles. The number of methoxy groups -OCH3 is 1. The number of carbonyl (C=O) groups is 1. The molecule has 108 valence electrons. The van der Waals surface area contributed by atoms with Gasteiger partial charge >= 0.3 is 11.5 Å². The van der Waals surface area contributed by atoms with E-state index in [1.165, 1.54) is 6.07 Å². The van der Waals surface area contributed by atoms with E-state index in [2.05, 4.69) is 4.74 Å². The standard InChI is InChI=1S/C12H9ClF3NO2S/c1-19-11(18)4-7-3-10(20-12(14,15)16)8(5-13)2-9(7)6-17/h2-3H,4-5H2,1H3. The molecule has 0 aromatic heterocycles. The average Bonchev–Trinajstić information content (AvgIpc) is 2.37. The van der Waals surface area contributed by atoms with Crippen LogP contribution in [0, 0.1) is 11.3 Å². The molecule has 3 nitrogen and oxygen atoms in total. The molecule has 0 N–H and O–H groups in total. The van der Waals surface area contributed by atoms with Crippen LogP contribution in [-0.2, 0) is 21.8 Å². The summed E-state index contributed by atoms with van der Waals surface area (Å²) in [5.74, 6) is -0.797. The fraction of sp³-hybridized carbons (Fsp3) is 0.333. The summed E-state index contributed by atoms with van der Waals surface area (Å²) in [7, 11) is 1.16. The second-order valence-electron chi connectivity index (χ2n) is 3.66. The first-order valence-corrected chi connectivity index (χ1v) is 6.60. The molecule has 1 aromatic carbocycles. The molecule has 0 aliphatic carbocycles. The highest BCUT2D eigenvalue weighted by atomic mass is 35.5. The van der Waals surface area contributed by atoms with E-state index < -0.39 is 11.5 Å². The van der Waals surface area contributed by atoms with Crippen molar-refractivity contribution in [2.24, 2.45) is 0 Å². The van der Waals surface area contributed by atoms with Crippen LogP contribution in [0.4, 0.5) is 13.2 Å². The third-order valence-electron chi connectivity index (χ3n) is 2.34. The van der Waals surface area contributed by atoms with Gasteiger partial charge in [0, 0.05) is 10.8 Å². The van der Waals surface area contributed by atoms with Crippen molar-refractivity contribution >= 4 is 29.3 Å². The van der Waals surface area contributed by atoms with Gasteiger partial charge in [-0.1, -0.05) is 0 Å². The maximum absolute atomic E-state index is 12.5. The van der Waals surface area contributed by atoms with Gasteiger partial charge in [-0.25, -0.2) is 0 Å². The Morgan fingerprint density at radius 1 is 1.45 bits per heavy atom. The minimum Gasteiger partial charge on any atom is -0.469 e. The van der Waals surface area contributed by atoms with Crippen molar-refractivity contribution < 1.29 is 22.7 Å². The average molecular weight is 324 g/mol. The summed E-state index contributed by atoms with van der Waals surface area (Å²) in [6.45, 7) is 0. The number of rotatable bonds is 4. The zero-order chi connectivity index (χ0) is 15.3. The van der Waals surface area contributed by atoms with E-state index in [1.54, 1.807) is 0 Å². The number of alkyl halides is 4. The van der Waals surface area contributed by atoms with Gasteiger partial charge in [-0.15, -0.1) is 11.6 Å². The number of nitriles is 1. The molecule has 0 spiro atoms. The number of carbonyl (C=O) groups excluding carboxylic acids is 1. The van der Waals surface area contributed by atoms with Crippen molar-refractivity contribution in [1.29, 1.82) is 5.26 Å². The number of hydrogen-bond acceptors (Lipinski definition) is 4. The molecule has 0 aliphatic heterocycles. The highest BCUT2D eigenvalue weighted by Gasteiger charge is 2.31. The van der Waals surface area contributed by atoms with Gasteiger partial charge < -0.3 is 4.74 Å². The third kappa shape index (κ3) is 4.62. The molecular weight excluding hydrogens is 315 g/mol. The van der Waals surface area contributed by atoms with E-state index >= 15 is 0 Å². The number of halogens is 4. The molecule has 0 saturated carbocycles. The summed E-state index contributed by atoms with van der Waals surface area (Å²) < 4.78 is 41.8. The first-order valence-electron chi connectivity index (χ1n) is 5.25. The van der Waals surface area contributed by atoms with Crippen LogP contribution < -0.4 is 0 Å². The molecule has 0 bridgehead atoms. The number of esters is 1. The van der Waals surface area contributed by atoms with E-state index in [1.807, 2.05) is 6.07 Å². The van der Waals surface area contributed by atoms with Crippen molar-refractivity contribution in [3.63, 3.8) is 0 Å². The number of ether oxygens (including phenoxy) is 1. The second kappa shape index (κ2) is 6.86. The van der Waals surface area contributed by atoms with E-state index in [4.69, 9.17) is 16.9 Å². The second-order valence-corrected chi connectivity index (χ2v) is 5.04. The summed E-state index contributed by atoms with van der Waals surface area (Å²) in [6.07, 6.45) is -0.270. The van der Waals surface area contributed by atoms with Gasteiger partial charge in [-0.05, 0) is 35.0 Å². The highest BCUT2D eigenvalue weighted by molar-refractivity contribution is 8.00. The Labute approximate surface area is 122 Å². The minimum absolute atomic E-state index is 0.109. The van der Waals surface area contributed by atoms with Gasteiger partial charge in [0.05, 0.1) is 25.2 Å². The van der Waals surface area contributed by atoms with Gasteiger partial charge in [0.2, 0.25) is 0 Å². The Bertz CT molecular complexity index is 555. The summed E-state index contributed by atoms with van der Waals surface area (Å²) in [4.78, 5) is 11.1. The predicted octanol–water partition coefficient (Wildman–Crippen LogP) is 3.62. The lowest BCUT2D eigenvalue weighted by molar-refractivity contribution is -0.139. The van der Waals surface area contributed by atoms with Crippen molar-refractivity contribution in [3.8, 4) is 6.07 Å². The number of hydrogen-bond donors (Lipinski definition) is 0. The van der Waals surface area contributed by atoms with E-state index in [-0.39, 0.29) is 45.6 Å². The summed E-state index contributed by atoms with van der Waals surface area (Å²) >= 11 is 5.27. The summed E-state index contributed by atoms with van der Waals surface area (Å²) in [5.41, 5.74) is -3.99. The lowest BCUT2D eigenvalue weighted by atomic mass is 10.0. The van der Waals surface area contributed by atoms with E-state index in [0.29, 0.717) is 0 Å². The smallest absolute Gasteiger partial charge is 0.446 e. The normalized spacial score (nSPS) is 11.0. The summed E-state index contributed by atoms with van der Waals surface area (Å²) in [5, 5.41) is 8.97. The van der Waals surface area contributed by atoms with Crippen LogP contribution >= 0.6 is 23.4 Å². The monoisotopic (exact) mass is 323 g/mol. The van der Waals surface area contributed by atoms with Gasteiger partial charge in [-0.3, -0.25) is 4.79 Å². The Morgan fingerprint density at radius 2 is 2.10 bits per heavy atom. The zero-order valence-electron chi connectivity index (χ0n) is 10.3. The highest BCUT2D eigenvalue weighted by Crippen LogP contribution is 2.40. The van der Waals surface area contributed by atoms with Gasteiger partial charge in [0.15, 0.2) is 0 Å². The van der Waals surface area contributed by atoms with Crippen molar-refractivity contribution in [2.45, 2.75) is 22.7 Å². The Morgan fingerprint density at radius 3 is 2.55 bits per heavy atom. The molecule has 8 heteroatoms. The maximum atomic E-state index is 12.5. The van der Waals surface area contributed by atoms with Crippen LogP contribution in [0.3, 0.4) is 0 Å². The molecule has 0 atom stereocenters. The SMILES string of the molecule is COC(=O)Cc1cc(SC(F)(F)F)c(CCl)cc1C#N. The third-order valence-corrected chi connectivity index (χ3v) is 3.46. The molecule has 0 radical (unpaired) electrons. The molecule has 1 aromatic rings. The van der Waals surface area contributed by atoms with Crippen LogP contribution in [0.1, 0.15) is 16.7 Å². The van der Waals surface area contributed by atoms with Crippen LogP contribution in [0.15, 0.2) is 17.0 Å². The fourth-order valence-electron chi connectivity index (χ4n) is 1.47. The first kappa shape index (κ1) is 16.7. The van der Waals surface area contributed by atoms with Crippen LogP contribution in [-0.4, -0.2) is 18.6 Å². The molecule has 0 unspecified atom stereocenters. The minimum atomic E-state index is -4.47. The molecule has 0 saturated heterocycles. The topological polar surface area (TPSA) is 50.1 Å². The molecule has 0 aliphatic rings. The van der Waals surface area contributed by atoms with Gasteiger partial charge in [0.1, 0.15) is 0 Å². The van der Waals surface area contributed by atoms with Crippen LogP contribution in [0.5, 0.6) is 0 Å². The molecular formula is C12H9ClF3NO2S. The number of nitrogens with zero attached hydrogens (tertiary/aromatic N) is 1. The quantitative estimate of drug-likeness (QED) is 0.482. The lowest BCUT2D eigenvalue weighted by Crippen LogP contribution is -2.08. The molecule has 20 heavy (non-hydrogen) atoms. The predicted molar refractivity (Wildman–Crippen MR) is 68.3 cm³/mol. The number of thioether (sulfide) groups is 1. The van der Waals surface area contributed by atoms with Gasteiger partial charge in [0.25, 0.3) is 0 Å².